The van der Waals surface area contributed by atoms with Gasteiger partial charge in [-0.05, 0) is 51.5 Å². The van der Waals surface area contributed by atoms with Crippen molar-refractivity contribution in [2.24, 2.45) is 10.8 Å². The average molecular weight is 250 g/mol. The minimum Gasteiger partial charge on any atom is -0.313 e. The fourth-order valence-corrected chi connectivity index (χ4v) is 2.90. The van der Waals surface area contributed by atoms with E-state index in [0.717, 1.165) is 19.4 Å². The molecule has 0 spiro atoms. The number of hydrogen-bond donors (Lipinski definition) is 1. The van der Waals surface area contributed by atoms with Crippen LogP contribution in [-0.4, -0.2) is 12.6 Å². The molecule has 1 atom stereocenters. The highest BCUT2D eigenvalue weighted by molar-refractivity contribution is 4.91. The SMILES string of the molecule is CC(C)(C#N)CCCCNC1CCCCC1(C)C. The second-order valence-corrected chi connectivity index (χ2v) is 7.19. The molecule has 1 aliphatic rings. The number of unbranched alkanes of at least 4 members (excludes halogenated alkanes) is 1. The van der Waals surface area contributed by atoms with Gasteiger partial charge in [-0.25, -0.2) is 0 Å². The molecule has 1 saturated carbocycles. The molecule has 1 unspecified atom stereocenters. The Balaban J connectivity index is 2.16. The molecule has 1 fully saturated rings. The fraction of sp³-hybridized carbons (Fsp3) is 0.938. The van der Waals surface area contributed by atoms with E-state index in [1.165, 1.54) is 32.1 Å². The summed E-state index contributed by atoms with van der Waals surface area (Å²) in [6, 6.07) is 3.06. The van der Waals surface area contributed by atoms with Crippen LogP contribution in [0.5, 0.6) is 0 Å². The van der Waals surface area contributed by atoms with E-state index in [1.54, 1.807) is 0 Å². The van der Waals surface area contributed by atoms with Gasteiger partial charge in [0.25, 0.3) is 0 Å². The second-order valence-electron chi connectivity index (χ2n) is 7.19. The molecule has 18 heavy (non-hydrogen) atoms. The minimum absolute atomic E-state index is 0.149. The van der Waals surface area contributed by atoms with Gasteiger partial charge in [-0.2, -0.15) is 5.26 Å². The summed E-state index contributed by atoms with van der Waals surface area (Å²) in [5, 5.41) is 12.7. The highest BCUT2D eigenvalue weighted by atomic mass is 14.9. The van der Waals surface area contributed by atoms with Crippen LogP contribution in [0.2, 0.25) is 0 Å². The number of rotatable bonds is 6. The zero-order valence-corrected chi connectivity index (χ0v) is 12.7. The van der Waals surface area contributed by atoms with E-state index in [4.69, 9.17) is 5.26 Å². The van der Waals surface area contributed by atoms with Crippen LogP contribution in [0.1, 0.15) is 72.6 Å². The Morgan fingerprint density at radius 3 is 2.61 bits per heavy atom. The largest absolute Gasteiger partial charge is 0.313 e. The summed E-state index contributed by atoms with van der Waals surface area (Å²) < 4.78 is 0. The van der Waals surface area contributed by atoms with Gasteiger partial charge >= 0.3 is 0 Å². The third-order valence-electron chi connectivity index (χ3n) is 4.43. The summed E-state index contributed by atoms with van der Waals surface area (Å²) in [6.45, 7) is 9.95. The molecule has 0 aromatic rings. The van der Waals surface area contributed by atoms with E-state index in [0.29, 0.717) is 11.5 Å². The molecule has 1 N–H and O–H groups in total. The van der Waals surface area contributed by atoms with Crippen LogP contribution < -0.4 is 5.32 Å². The Labute approximate surface area is 113 Å². The summed E-state index contributed by atoms with van der Waals surface area (Å²) in [7, 11) is 0. The summed E-state index contributed by atoms with van der Waals surface area (Å²) in [5.74, 6) is 0. The van der Waals surface area contributed by atoms with Crippen LogP contribution in [0, 0.1) is 22.2 Å². The van der Waals surface area contributed by atoms with E-state index in [1.807, 2.05) is 13.8 Å². The summed E-state index contributed by atoms with van der Waals surface area (Å²) in [6.07, 6.45) is 8.81. The molecular formula is C16H30N2. The van der Waals surface area contributed by atoms with Crippen LogP contribution in [-0.2, 0) is 0 Å². The van der Waals surface area contributed by atoms with Crippen molar-refractivity contribution < 1.29 is 0 Å². The smallest absolute Gasteiger partial charge is 0.0683 e. The average Bonchev–Trinajstić information content (AvgIpc) is 2.30. The molecule has 2 heteroatoms. The highest BCUT2D eigenvalue weighted by Gasteiger charge is 2.31. The molecule has 0 aromatic carbocycles. The van der Waals surface area contributed by atoms with Crippen molar-refractivity contribution in [3.05, 3.63) is 0 Å². The maximum atomic E-state index is 8.96. The van der Waals surface area contributed by atoms with Gasteiger partial charge in [0, 0.05) is 6.04 Å². The van der Waals surface area contributed by atoms with Gasteiger partial charge in [0.2, 0.25) is 0 Å². The molecule has 0 amide bonds. The van der Waals surface area contributed by atoms with Crippen LogP contribution in [0.4, 0.5) is 0 Å². The van der Waals surface area contributed by atoms with Crippen molar-refractivity contribution in [2.45, 2.75) is 78.7 Å². The van der Waals surface area contributed by atoms with Gasteiger partial charge < -0.3 is 5.32 Å². The van der Waals surface area contributed by atoms with Crippen LogP contribution in [0.3, 0.4) is 0 Å². The maximum Gasteiger partial charge on any atom is 0.0683 e. The molecule has 1 aliphatic carbocycles. The topological polar surface area (TPSA) is 35.8 Å². The normalized spacial score (nSPS) is 23.6. The summed E-state index contributed by atoms with van der Waals surface area (Å²) in [4.78, 5) is 0. The Morgan fingerprint density at radius 1 is 1.28 bits per heavy atom. The molecule has 1 rings (SSSR count). The van der Waals surface area contributed by atoms with Crippen LogP contribution in [0.25, 0.3) is 0 Å². The molecular weight excluding hydrogens is 220 g/mol. The maximum absolute atomic E-state index is 8.96. The minimum atomic E-state index is -0.149. The Bertz CT molecular complexity index is 286. The van der Waals surface area contributed by atoms with Gasteiger partial charge in [-0.15, -0.1) is 0 Å². The predicted molar refractivity (Wildman–Crippen MR) is 77.3 cm³/mol. The van der Waals surface area contributed by atoms with Crippen molar-refractivity contribution in [3.63, 3.8) is 0 Å². The zero-order chi connectivity index (χ0) is 13.6. The van der Waals surface area contributed by atoms with Crippen LogP contribution in [0.15, 0.2) is 0 Å². The number of nitrogens with one attached hydrogen (secondary N) is 1. The summed E-state index contributed by atoms with van der Waals surface area (Å²) >= 11 is 0. The van der Waals surface area contributed by atoms with Crippen LogP contribution >= 0.6 is 0 Å². The van der Waals surface area contributed by atoms with E-state index in [2.05, 4.69) is 25.2 Å². The first-order valence-electron chi connectivity index (χ1n) is 7.52. The predicted octanol–water partition coefficient (Wildman–Crippen LogP) is 4.26. The first kappa shape index (κ1) is 15.5. The Hall–Kier alpha value is -0.550. The quantitative estimate of drug-likeness (QED) is 0.715. The fourth-order valence-electron chi connectivity index (χ4n) is 2.90. The molecule has 0 aliphatic heterocycles. The number of nitrogens with zero attached hydrogens (tertiary/aromatic N) is 1. The van der Waals surface area contributed by atoms with Crippen molar-refractivity contribution in [1.29, 1.82) is 5.26 Å². The van der Waals surface area contributed by atoms with Gasteiger partial charge in [0.1, 0.15) is 0 Å². The molecule has 0 radical (unpaired) electrons. The van der Waals surface area contributed by atoms with E-state index < -0.39 is 0 Å². The third-order valence-corrected chi connectivity index (χ3v) is 4.43. The zero-order valence-electron chi connectivity index (χ0n) is 12.7. The molecule has 2 nitrogen and oxygen atoms in total. The van der Waals surface area contributed by atoms with E-state index in [9.17, 15) is 0 Å². The van der Waals surface area contributed by atoms with Gasteiger partial charge in [-0.1, -0.05) is 33.1 Å². The lowest BCUT2D eigenvalue weighted by Gasteiger charge is -2.39. The van der Waals surface area contributed by atoms with Gasteiger partial charge in [0.15, 0.2) is 0 Å². The van der Waals surface area contributed by atoms with Gasteiger partial charge in [0.05, 0.1) is 11.5 Å². The Kier molecular flexibility index (Phi) is 5.66. The lowest BCUT2D eigenvalue weighted by molar-refractivity contribution is 0.167. The number of nitriles is 1. The van der Waals surface area contributed by atoms with E-state index >= 15 is 0 Å². The molecule has 104 valence electrons. The van der Waals surface area contributed by atoms with Crippen molar-refractivity contribution >= 4 is 0 Å². The molecule has 0 heterocycles. The highest BCUT2D eigenvalue weighted by Crippen LogP contribution is 2.35. The molecule has 0 saturated heterocycles. The molecule has 0 aromatic heterocycles. The Morgan fingerprint density at radius 2 is 2.00 bits per heavy atom. The lowest BCUT2D eigenvalue weighted by Crippen LogP contribution is -2.44. The first-order chi connectivity index (χ1) is 8.37. The lowest BCUT2D eigenvalue weighted by atomic mass is 9.73. The third kappa shape index (κ3) is 4.98. The first-order valence-corrected chi connectivity index (χ1v) is 7.52. The van der Waals surface area contributed by atoms with E-state index in [-0.39, 0.29) is 5.41 Å². The second kappa shape index (κ2) is 6.57. The summed E-state index contributed by atoms with van der Waals surface area (Å²) in [5.41, 5.74) is 0.314. The standard InChI is InChI=1S/C16H30N2/c1-15(2,13-17)10-7-8-12-18-14-9-5-6-11-16(14,3)4/h14,18H,5-12H2,1-4H3. The van der Waals surface area contributed by atoms with Gasteiger partial charge in [-0.3, -0.25) is 0 Å². The van der Waals surface area contributed by atoms with Crippen molar-refractivity contribution in [1.82, 2.24) is 5.32 Å². The monoisotopic (exact) mass is 250 g/mol. The number of hydrogen-bond acceptors (Lipinski definition) is 2. The molecule has 0 bridgehead atoms. The van der Waals surface area contributed by atoms with Crippen molar-refractivity contribution in [3.8, 4) is 6.07 Å². The van der Waals surface area contributed by atoms with Crippen molar-refractivity contribution in [2.75, 3.05) is 6.54 Å².